The van der Waals surface area contributed by atoms with Gasteiger partial charge in [0.2, 0.25) is 5.78 Å². The molecule has 2 heterocycles. The van der Waals surface area contributed by atoms with Crippen molar-refractivity contribution in [1.82, 2.24) is 4.57 Å². The first kappa shape index (κ1) is 22.4. The van der Waals surface area contributed by atoms with E-state index in [4.69, 9.17) is 25.8 Å². The van der Waals surface area contributed by atoms with Crippen molar-refractivity contribution < 1.29 is 23.8 Å². The van der Waals surface area contributed by atoms with Crippen LogP contribution in [0, 0.1) is 13.8 Å². The van der Waals surface area contributed by atoms with Gasteiger partial charge in [-0.1, -0.05) is 11.6 Å². The number of rotatable bonds is 8. The number of ketones is 1. The number of aromatic nitrogens is 1. The highest BCUT2D eigenvalue weighted by molar-refractivity contribution is 6.30. The molecule has 0 amide bonds. The number of nitrogens with zero attached hydrogens (tertiary/aromatic N) is 1. The molecule has 1 aromatic carbocycles. The van der Waals surface area contributed by atoms with Crippen molar-refractivity contribution in [3.05, 3.63) is 52.3 Å². The summed E-state index contributed by atoms with van der Waals surface area (Å²) in [5.41, 5.74) is 1.17. The first-order chi connectivity index (χ1) is 14.2. The van der Waals surface area contributed by atoms with Crippen molar-refractivity contribution in [3.8, 4) is 5.75 Å². The molecule has 3 rings (SSSR count). The standard InChI is InChI=1S/C23H28ClNO5/c1-15-12-20(16(2)25(15)13-19-6-5-11-28-19)21(26)14-29-22(27)23(3,4)30-18-9-7-17(24)8-10-18/h7-10,12,19H,5-6,11,13-14H2,1-4H3. The van der Waals surface area contributed by atoms with E-state index < -0.39 is 11.6 Å². The van der Waals surface area contributed by atoms with Crippen LogP contribution in [0.3, 0.4) is 0 Å². The number of carbonyl (C=O) groups is 2. The molecule has 1 aliphatic heterocycles. The molecule has 7 heteroatoms. The summed E-state index contributed by atoms with van der Waals surface area (Å²) < 4.78 is 18.8. The average molecular weight is 434 g/mol. The minimum atomic E-state index is -1.25. The van der Waals surface area contributed by atoms with Crippen molar-refractivity contribution in [2.24, 2.45) is 0 Å². The molecule has 0 spiro atoms. The Morgan fingerprint density at radius 3 is 2.57 bits per heavy atom. The summed E-state index contributed by atoms with van der Waals surface area (Å²) in [5.74, 6) is -0.360. The molecule has 162 valence electrons. The number of esters is 1. The van der Waals surface area contributed by atoms with E-state index in [1.54, 1.807) is 38.1 Å². The fourth-order valence-electron chi connectivity index (χ4n) is 3.58. The summed E-state index contributed by atoms with van der Waals surface area (Å²) in [4.78, 5) is 25.2. The third-order valence-electron chi connectivity index (χ3n) is 5.30. The SMILES string of the molecule is Cc1cc(C(=O)COC(=O)C(C)(C)Oc2ccc(Cl)cc2)c(C)n1CC1CCCO1. The molecule has 1 unspecified atom stereocenters. The Kier molecular flexibility index (Phi) is 6.88. The van der Waals surface area contributed by atoms with Crippen LogP contribution in [0.4, 0.5) is 0 Å². The summed E-state index contributed by atoms with van der Waals surface area (Å²) in [7, 11) is 0. The van der Waals surface area contributed by atoms with Crippen molar-refractivity contribution in [1.29, 1.82) is 0 Å². The molecule has 1 aliphatic rings. The zero-order valence-corrected chi connectivity index (χ0v) is 18.6. The van der Waals surface area contributed by atoms with Crippen molar-refractivity contribution >= 4 is 23.4 Å². The maximum absolute atomic E-state index is 12.7. The van der Waals surface area contributed by atoms with Gasteiger partial charge in [0.1, 0.15) is 5.75 Å². The maximum Gasteiger partial charge on any atom is 0.350 e. The van der Waals surface area contributed by atoms with Crippen LogP contribution in [0.25, 0.3) is 0 Å². The molecule has 0 N–H and O–H groups in total. The molecule has 6 nitrogen and oxygen atoms in total. The minimum absolute atomic E-state index is 0.182. The normalized spacial score (nSPS) is 16.5. The summed E-state index contributed by atoms with van der Waals surface area (Å²) >= 11 is 5.87. The molecular weight excluding hydrogens is 406 g/mol. The van der Waals surface area contributed by atoms with Crippen molar-refractivity contribution in [2.75, 3.05) is 13.2 Å². The van der Waals surface area contributed by atoms with Gasteiger partial charge in [-0.05, 0) is 70.9 Å². The van der Waals surface area contributed by atoms with Crippen LogP contribution >= 0.6 is 11.6 Å². The molecule has 0 saturated carbocycles. The molecule has 2 aromatic rings. The molecule has 1 fully saturated rings. The quantitative estimate of drug-likeness (QED) is 0.452. The second-order valence-electron chi connectivity index (χ2n) is 8.10. The van der Waals surface area contributed by atoms with Crippen LogP contribution in [0.2, 0.25) is 5.02 Å². The second kappa shape index (κ2) is 9.23. The number of aryl methyl sites for hydroxylation is 1. The number of hydrogen-bond donors (Lipinski definition) is 0. The van der Waals surface area contributed by atoms with Gasteiger partial charge in [-0.3, -0.25) is 4.79 Å². The lowest BCUT2D eigenvalue weighted by Crippen LogP contribution is -2.40. The van der Waals surface area contributed by atoms with Gasteiger partial charge in [0.25, 0.3) is 0 Å². The molecule has 0 aliphatic carbocycles. The Bertz CT molecular complexity index is 910. The van der Waals surface area contributed by atoms with Crippen LogP contribution in [0.1, 0.15) is 48.4 Å². The van der Waals surface area contributed by atoms with Gasteiger partial charge in [-0.2, -0.15) is 0 Å². The number of halogens is 1. The highest BCUT2D eigenvalue weighted by atomic mass is 35.5. The number of Topliss-reactive ketones (excluding diaryl/α,β-unsaturated/α-hetero) is 1. The highest BCUT2D eigenvalue weighted by Crippen LogP contribution is 2.23. The van der Waals surface area contributed by atoms with Gasteiger partial charge >= 0.3 is 5.97 Å². The second-order valence-corrected chi connectivity index (χ2v) is 8.53. The van der Waals surface area contributed by atoms with Crippen LogP contribution in [-0.2, 0) is 20.8 Å². The number of hydrogen-bond acceptors (Lipinski definition) is 5. The average Bonchev–Trinajstić information content (AvgIpc) is 3.31. The summed E-state index contributed by atoms with van der Waals surface area (Å²) in [6.45, 7) is 8.25. The third-order valence-corrected chi connectivity index (χ3v) is 5.55. The zero-order valence-electron chi connectivity index (χ0n) is 17.9. The fraction of sp³-hybridized carbons (Fsp3) is 0.478. The van der Waals surface area contributed by atoms with E-state index >= 15 is 0 Å². The Morgan fingerprint density at radius 1 is 1.23 bits per heavy atom. The molecule has 1 atom stereocenters. The van der Waals surface area contributed by atoms with Gasteiger partial charge in [-0.15, -0.1) is 0 Å². The lowest BCUT2D eigenvalue weighted by molar-refractivity contribution is -0.158. The van der Waals surface area contributed by atoms with E-state index in [0.717, 1.165) is 37.4 Å². The zero-order chi connectivity index (χ0) is 21.9. The Morgan fingerprint density at radius 2 is 1.93 bits per heavy atom. The molecular formula is C23H28ClNO5. The lowest BCUT2D eigenvalue weighted by atomic mass is 10.1. The van der Waals surface area contributed by atoms with Gasteiger partial charge in [0.05, 0.1) is 6.10 Å². The van der Waals surface area contributed by atoms with E-state index in [2.05, 4.69) is 4.57 Å². The van der Waals surface area contributed by atoms with Crippen LogP contribution in [0.5, 0.6) is 5.75 Å². The monoisotopic (exact) mass is 433 g/mol. The first-order valence-corrected chi connectivity index (χ1v) is 10.5. The lowest BCUT2D eigenvalue weighted by Gasteiger charge is -2.24. The molecule has 0 bridgehead atoms. The largest absolute Gasteiger partial charge is 0.476 e. The summed E-state index contributed by atoms with van der Waals surface area (Å²) in [6, 6.07) is 8.54. The Hall–Kier alpha value is -2.31. The first-order valence-electron chi connectivity index (χ1n) is 10.1. The Balaban J connectivity index is 1.60. The van der Waals surface area contributed by atoms with E-state index in [-0.39, 0.29) is 18.5 Å². The van der Waals surface area contributed by atoms with Crippen LogP contribution < -0.4 is 4.74 Å². The van der Waals surface area contributed by atoms with E-state index in [9.17, 15) is 9.59 Å². The van der Waals surface area contributed by atoms with Crippen LogP contribution in [0.15, 0.2) is 30.3 Å². The predicted octanol–water partition coefficient (Wildman–Crippen LogP) is 4.52. The summed E-state index contributed by atoms with van der Waals surface area (Å²) in [6.07, 6.45) is 2.28. The molecule has 1 saturated heterocycles. The predicted molar refractivity (Wildman–Crippen MR) is 114 cm³/mol. The molecule has 30 heavy (non-hydrogen) atoms. The van der Waals surface area contributed by atoms with Crippen LogP contribution in [-0.4, -0.2) is 41.2 Å². The van der Waals surface area contributed by atoms with Gasteiger partial charge in [0, 0.05) is 35.1 Å². The van der Waals surface area contributed by atoms with E-state index in [1.807, 2.05) is 19.9 Å². The third kappa shape index (κ3) is 5.24. The molecule has 0 radical (unpaired) electrons. The maximum atomic E-state index is 12.7. The van der Waals surface area contributed by atoms with E-state index in [0.29, 0.717) is 16.3 Å². The van der Waals surface area contributed by atoms with Gasteiger partial charge in [-0.25, -0.2) is 4.79 Å². The number of ether oxygens (including phenoxy) is 3. The van der Waals surface area contributed by atoms with Crippen molar-refractivity contribution in [2.45, 2.75) is 58.8 Å². The van der Waals surface area contributed by atoms with Gasteiger partial charge < -0.3 is 18.8 Å². The topological polar surface area (TPSA) is 66.8 Å². The number of carbonyl (C=O) groups excluding carboxylic acids is 2. The van der Waals surface area contributed by atoms with E-state index in [1.165, 1.54) is 0 Å². The summed E-state index contributed by atoms with van der Waals surface area (Å²) in [5, 5.41) is 0.574. The fourth-order valence-corrected chi connectivity index (χ4v) is 3.70. The minimum Gasteiger partial charge on any atom is -0.476 e. The van der Waals surface area contributed by atoms with Crippen molar-refractivity contribution in [3.63, 3.8) is 0 Å². The Labute approximate surface area is 182 Å². The highest BCUT2D eigenvalue weighted by Gasteiger charge is 2.33. The van der Waals surface area contributed by atoms with Gasteiger partial charge in [0.15, 0.2) is 12.2 Å². The number of benzene rings is 1. The molecule has 1 aromatic heterocycles. The smallest absolute Gasteiger partial charge is 0.350 e.